The quantitative estimate of drug-likeness (QED) is 0.470. The van der Waals surface area contributed by atoms with Crippen LogP contribution in [0.1, 0.15) is 5.56 Å². The minimum Gasteiger partial charge on any atom is -0.425 e. The second kappa shape index (κ2) is 7.32. The highest BCUT2D eigenvalue weighted by molar-refractivity contribution is 9.10. The first-order chi connectivity index (χ1) is 13.8. The van der Waals surface area contributed by atoms with Crippen LogP contribution >= 0.6 is 15.9 Å². The molecule has 7 nitrogen and oxygen atoms in total. The first-order valence-corrected chi connectivity index (χ1v) is 9.48. The van der Waals surface area contributed by atoms with E-state index in [1.807, 2.05) is 12.1 Å². The van der Waals surface area contributed by atoms with E-state index < -0.39 is 11.2 Å². The Bertz CT molecular complexity index is 1320. The number of fused-ring (bicyclic) bond motifs is 1. The van der Waals surface area contributed by atoms with Crippen molar-refractivity contribution in [1.29, 1.82) is 0 Å². The first kappa shape index (κ1) is 19.1. The van der Waals surface area contributed by atoms with E-state index in [4.69, 9.17) is 4.74 Å². The van der Waals surface area contributed by atoms with Crippen molar-refractivity contribution in [2.24, 2.45) is 14.1 Å². The van der Waals surface area contributed by atoms with Crippen molar-refractivity contribution in [3.63, 3.8) is 0 Å². The zero-order valence-electron chi connectivity index (χ0n) is 15.6. The fourth-order valence-electron chi connectivity index (χ4n) is 3.03. The summed E-state index contributed by atoms with van der Waals surface area (Å²) in [7, 11) is 2.96. The number of aromatic nitrogens is 4. The molecule has 0 saturated heterocycles. The maximum Gasteiger partial charge on any atom is 0.332 e. The molecule has 4 rings (SSSR count). The zero-order valence-corrected chi connectivity index (χ0v) is 17.2. The lowest BCUT2D eigenvalue weighted by molar-refractivity contribution is 0.421. The van der Waals surface area contributed by atoms with Crippen LogP contribution in [0.2, 0.25) is 0 Å². The Morgan fingerprint density at radius 1 is 1.00 bits per heavy atom. The number of aryl methyl sites for hydroxylation is 1. The number of imidazole rings is 1. The van der Waals surface area contributed by atoms with E-state index >= 15 is 0 Å². The molecule has 4 aromatic rings. The fraction of sp³-hybridized carbons (Fsp3) is 0.150. The van der Waals surface area contributed by atoms with Crippen LogP contribution in [0, 0.1) is 5.82 Å². The molecule has 0 spiro atoms. The molecule has 0 fully saturated rings. The molecule has 0 N–H and O–H groups in total. The minimum absolute atomic E-state index is 0.157. The maximum atomic E-state index is 13.3. The Hall–Kier alpha value is -3.20. The monoisotopic (exact) mass is 458 g/mol. The predicted molar refractivity (Wildman–Crippen MR) is 110 cm³/mol. The van der Waals surface area contributed by atoms with E-state index in [-0.39, 0.29) is 29.5 Å². The summed E-state index contributed by atoms with van der Waals surface area (Å²) < 4.78 is 24.0. The topological polar surface area (TPSA) is 71.1 Å². The third-order valence-electron chi connectivity index (χ3n) is 4.59. The molecule has 0 aliphatic carbocycles. The van der Waals surface area contributed by atoms with E-state index in [9.17, 15) is 14.0 Å². The van der Waals surface area contributed by atoms with Gasteiger partial charge in [0.05, 0.1) is 6.54 Å². The van der Waals surface area contributed by atoms with Gasteiger partial charge in [0.1, 0.15) is 11.6 Å². The second-order valence-corrected chi connectivity index (χ2v) is 7.46. The van der Waals surface area contributed by atoms with Gasteiger partial charge in [-0.2, -0.15) is 4.98 Å². The maximum absolute atomic E-state index is 13.3. The highest BCUT2D eigenvalue weighted by Gasteiger charge is 2.21. The van der Waals surface area contributed by atoms with Gasteiger partial charge >= 0.3 is 11.7 Å². The van der Waals surface area contributed by atoms with Crippen molar-refractivity contribution in [3.8, 4) is 11.8 Å². The zero-order chi connectivity index (χ0) is 20.7. The van der Waals surface area contributed by atoms with E-state index in [2.05, 4.69) is 20.9 Å². The van der Waals surface area contributed by atoms with Crippen LogP contribution in [0.3, 0.4) is 0 Å². The van der Waals surface area contributed by atoms with Crippen molar-refractivity contribution >= 4 is 27.1 Å². The standard InChI is InChI=1S/C20H16BrFN4O3/c1-24-17-16(18(27)25(2)20(24)28)26(11-12-3-7-14(22)8-4-12)19(23-17)29-15-9-5-13(21)6-10-15/h3-10H,11H2,1-2H3. The molecule has 148 valence electrons. The normalized spacial score (nSPS) is 11.2. The predicted octanol–water partition coefficient (Wildman–Crippen LogP) is 3.18. The number of rotatable bonds is 4. The summed E-state index contributed by atoms with van der Waals surface area (Å²) >= 11 is 3.37. The summed E-state index contributed by atoms with van der Waals surface area (Å²) in [4.78, 5) is 29.6. The summed E-state index contributed by atoms with van der Waals surface area (Å²) in [5, 5.41) is 0. The number of hydrogen-bond donors (Lipinski definition) is 0. The van der Waals surface area contributed by atoms with Gasteiger partial charge in [-0.25, -0.2) is 9.18 Å². The molecule has 0 aliphatic rings. The molecule has 0 atom stereocenters. The van der Waals surface area contributed by atoms with E-state index in [0.29, 0.717) is 5.75 Å². The van der Waals surface area contributed by atoms with Crippen molar-refractivity contribution in [1.82, 2.24) is 18.7 Å². The smallest absolute Gasteiger partial charge is 0.332 e. The first-order valence-electron chi connectivity index (χ1n) is 8.69. The number of ether oxygens (including phenoxy) is 1. The van der Waals surface area contributed by atoms with Gasteiger partial charge in [0, 0.05) is 18.6 Å². The van der Waals surface area contributed by atoms with Crippen LogP contribution in [-0.4, -0.2) is 18.7 Å². The third-order valence-corrected chi connectivity index (χ3v) is 5.12. The average Bonchev–Trinajstić information content (AvgIpc) is 3.06. The highest BCUT2D eigenvalue weighted by Crippen LogP contribution is 2.26. The van der Waals surface area contributed by atoms with Crippen molar-refractivity contribution in [2.45, 2.75) is 6.54 Å². The van der Waals surface area contributed by atoms with Gasteiger partial charge in [-0.3, -0.25) is 18.5 Å². The van der Waals surface area contributed by atoms with Gasteiger partial charge in [-0.1, -0.05) is 28.1 Å². The molecular weight excluding hydrogens is 443 g/mol. The Morgan fingerprint density at radius 2 is 1.66 bits per heavy atom. The fourth-order valence-corrected chi connectivity index (χ4v) is 3.30. The lowest BCUT2D eigenvalue weighted by Crippen LogP contribution is -2.37. The highest BCUT2D eigenvalue weighted by atomic mass is 79.9. The molecule has 0 amide bonds. The van der Waals surface area contributed by atoms with Crippen molar-refractivity contribution in [2.75, 3.05) is 0 Å². The Balaban J connectivity index is 1.93. The third kappa shape index (κ3) is 3.49. The number of halogens is 2. The van der Waals surface area contributed by atoms with Crippen LogP contribution in [0.4, 0.5) is 4.39 Å². The molecule has 0 radical (unpaired) electrons. The van der Waals surface area contributed by atoms with Crippen molar-refractivity contribution in [3.05, 3.63) is 85.2 Å². The molecule has 0 unspecified atom stereocenters. The lowest BCUT2D eigenvalue weighted by Gasteiger charge is -2.10. The SMILES string of the molecule is Cn1c(=O)c2c(nc(Oc3ccc(Br)cc3)n2Cc2ccc(F)cc2)n(C)c1=O. The molecule has 2 heterocycles. The lowest BCUT2D eigenvalue weighted by atomic mass is 10.2. The Labute approximate surface area is 172 Å². The van der Waals surface area contributed by atoms with Gasteiger partial charge in [0.25, 0.3) is 5.56 Å². The Kier molecular flexibility index (Phi) is 4.83. The van der Waals surface area contributed by atoms with Crippen LogP contribution in [0.25, 0.3) is 11.2 Å². The van der Waals surface area contributed by atoms with Gasteiger partial charge in [-0.15, -0.1) is 0 Å². The molecular formula is C20H16BrFN4O3. The molecule has 0 aliphatic heterocycles. The number of benzene rings is 2. The van der Waals surface area contributed by atoms with Gasteiger partial charge < -0.3 is 4.74 Å². The number of nitrogens with zero attached hydrogens (tertiary/aromatic N) is 4. The van der Waals surface area contributed by atoms with E-state index in [1.54, 1.807) is 35.9 Å². The van der Waals surface area contributed by atoms with Crippen LogP contribution in [0.15, 0.2) is 62.6 Å². The van der Waals surface area contributed by atoms with Gasteiger partial charge in [-0.05, 0) is 42.0 Å². The molecule has 2 aromatic carbocycles. The molecule has 0 saturated carbocycles. The summed E-state index contributed by atoms with van der Waals surface area (Å²) in [6.45, 7) is 0.218. The molecule has 0 bridgehead atoms. The van der Waals surface area contributed by atoms with Crippen LogP contribution < -0.4 is 16.0 Å². The Morgan fingerprint density at radius 3 is 2.31 bits per heavy atom. The summed E-state index contributed by atoms with van der Waals surface area (Å²) in [6.07, 6.45) is 0. The van der Waals surface area contributed by atoms with E-state index in [0.717, 1.165) is 14.6 Å². The van der Waals surface area contributed by atoms with Gasteiger partial charge in [0.2, 0.25) is 0 Å². The molecule has 29 heavy (non-hydrogen) atoms. The van der Waals surface area contributed by atoms with Gasteiger partial charge in [0.15, 0.2) is 11.2 Å². The summed E-state index contributed by atoms with van der Waals surface area (Å²) in [6, 6.07) is 13.2. The average molecular weight is 459 g/mol. The number of hydrogen-bond acceptors (Lipinski definition) is 4. The second-order valence-electron chi connectivity index (χ2n) is 6.54. The molecule has 9 heteroatoms. The summed E-state index contributed by atoms with van der Waals surface area (Å²) in [5.74, 6) is 0.166. The largest absolute Gasteiger partial charge is 0.425 e. The molecule has 2 aromatic heterocycles. The van der Waals surface area contributed by atoms with E-state index in [1.165, 1.54) is 23.7 Å². The van der Waals surface area contributed by atoms with Crippen LogP contribution in [0.5, 0.6) is 11.8 Å². The van der Waals surface area contributed by atoms with Crippen molar-refractivity contribution < 1.29 is 9.13 Å². The van der Waals surface area contributed by atoms with Crippen LogP contribution in [-0.2, 0) is 20.6 Å². The minimum atomic E-state index is -0.483. The summed E-state index contributed by atoms with van der Waals surface area (Å²) in [5.41, 5.74) is 0.230.